The van der Waals surface area contributed by atoms with Crippen LogP contribution in [0.25, 0.3) is 0 Å². The van der Waals surface area contributed by atoms with Gasteiger partial charge in [-0.25, -0.2) is 4.39 Å². The molecule has 2 N–H and O–H groups in total. The third kappa shape index (κ3) is 3.69. The van der Waals surface area contributed by atoms with E-state index < -0.39 is 0 Å². The summed E-state index contributed by atoms with van der Waals surface area (Å²) in [5, 5.41) is 12.3. The SMILES string of the molecule is CNCc1ccc(OCc2cccc(O)c2)c(F)c1. The van der Waals surface area contributed by atoms with E-state index in [0.29, 0.717) is 6.54 Å². The van der Waals surface area contributed by atoms with Crippen LogP contribution in [0.15, 0.2) is 42.5 Å². The minimum atomic E-state index is -0.382. The van der Waals surface area contributed by atoms with Crippen LogP contribution in [0, 0.1) is 5.82 Å². The molecule has 3 nitrogen and oxygen atoms in total. The number of hydrogen-bond donors (Lipinski definition) is 2. The van der Waals surface area contributed by atoms with Crippen LogP contribution in [-0.4, -0.2) is 12.2 Å². The second-order valence-electron chi connectivity index (χ2n) is 4.25. The highest BCUT2D eigenvalue weighted by Gasteiger charge is 2.05. The molecule has 0 fully saturated rings. The van der Waals surface area contributed by atoms with E-state index in [1.165, 1.54) is 6.07 Å². The highest BCUT2D eigenvalue weighted by Crippen LogP contribution is 2.20. The van der Waals surface area contributed by atoms with Crippen LogP contribution in [0.3, 0.4) is 0 Å². The van der Waals surface area contributed by atoms with E-state index in [4.69, 9.17) is 4.74 Å². The highest BCUT2D eigenvalue weighted by atomic mass is 19.1. The van der Waals surface area contributed by atoms with Gasteiger partial charge in [0, 0.05) is 6.54 Å². The molecule has 2 aromatic rings. The number of phenols is 1. The Balaban J connectivity index is 2.03. The smallest absolute Gasteiger partial charge is 0.165 e. The van der Waals surface area contributed by atoms with Crippen molar-refractivity contribution in [3.63, 3.8) is 0 Å². The summed E-state index contributed by atoms with van der Waals surface area (Å²) < 4.78 is 19.2. The van der Waals surface area contributed by atoms with Gasteiger partial charge in [0.05, 0.1) is 0 Å². The Kier molecular flexibility index (Phi) is 4.36. The van der Waals surface area contributed by atoms with Gasteiger partial charge in [-0.1, -0.05) is 18.2 Å². The summed E-state index contributed by atoms with van der Waals surface area (Å²) in [6.07, 6.45) is 0. The number of ether oxygens (including phenoxy) is 1. The molecule has 0 heterocycles. The maximum Gasteiger partial charge on any atom is 0.165 e. The molecule has 4 heteroatoms. The number of hydrogen-bond acceptors (Lipinski definition) is 3. The number of phenolic OH excluding ortho intramolecular Hbond substituents is 1. The van der Waals surface area contributed by atoms with E-state index in [1.54, 1.807) is 24.3 Å². The molecule has 2 rings (SSSR count). The molecule has 2 aromatic carbocycles. The monoisotopic (exact) mass is 261 g/mol. The predicted octanol–water partition coefficient (Wildman–Crippen LogP) is 2.83. The normalized spacial score (nSPS) is 10.4. The van der Waals surface area contributed by atoms with Crippen LogP contribution in [0.4, 0.5) is 4.39 Å². The van der Waals surface area contributed by atoms with Gasteiger partial charge in [0.25, 0.3) is 0 Å². The number of rotatable bonds is 5. The molecule has 0 radical (unpaired) electrons. The second-order valence-corrected chi connectivity index (χ2v) is 4.25. The molecule has 19 heavy (non-hydrogen) atoms. The topological polar surface area (TPSA) is 41.5 Å². The Labute approximate surface area is 111 Å². The molecular formula is C15H16FNO2. The van der Waals surface area contributed by atoms with Crippen molar-refractivity contribution in [2.45, 2.75) is 13.2 Å². The average molecular weight is 261 g/mol. The number of aromatic hydroxyl groups is 1. The van der Waals surface area contributed by atoms with Gasteiger partial charge in [-0.15, -0.1) is 0 Å². The molecule has 0 atom stereocenters. The molecule has 0 aliphatic rings. The molecule has 0 aromatic heterocycles. The quantitative estimate of drug-likeness (QED) is 0.869. The van der Waals surface area contributed by atoms with Crippen molar-refractivity contribution in [1.82, 2.24) is 5.32 Å². The van der Waals surface area contributed by atoms with Crippen LogP contribution in [0.1, 0.15) is 11.1 Å². The fourth-order valence-electron chi connectivity index (χ4n) is 1.78. The van der Waals surface area contributed by atoms with Gasteiger partial charge >= 0.3 is 0 Å². The van der Waals surface area contributed by atoms with Gasteiger partial charge in [-0.05, 0) is 42.4 Å². The van der Waals surface area contributed by atoms with Gasteiger partial charge in [0.1, 0.15) is 12.4 Å². The Bertz CT molecular complexity index is 558. The molecule has 0 saturated carbocycles. The Morgan fingerprint density at radius 1 is 1.16 bits per heavy atom. The second kappa shape index (κ2) is 6.20. The van der Waals surface area contributed by atoms with Crippen molar-refractivity contribution >= 4 is 0 Å². The summed E-state index contributed by atoms with van der Waals surface area (Å²) in [7, 11) is 1.81. The Morgan fingerprint density at radius 2 is 2.00 bits per heavy atom. The van der Waals surface area contributed by atoms with Crippen LogP contribution < -0.4 is 10.1 Å². The lowest BCUT2D eigenvalue weighted by atomic mass is 10.2. The summed E-state index contributed by atoms with van der Waals surface area (Å²) in [5.74, 6) is 0.00189. The molecule has 0 aliphatic heterocycles. The number of halogens is 1. The lowest BCUT2D eigenvalue weighted by Gasteiger charge is -2.09. The van der Waals surface area contributed by atoms with Crippen LogP contribution in [-0.2, 0) is 13.2 Å². The molecule has 0 aliphatic carbocycles. The molecule has 0 saturated heterocycles. The zero-order valence-corrected chi connectivity index (χ0v) is 10.7. The van der Waals surface area contributed by atoms with E-state index in [-0.39, 0.29) is 23.9 Å². The summed E-state index contributed by atoms with van der Waals surface area (Å²) in [4.78, 5) is 0. The summed E-state index contributed by atoms with van der Waals surface area (Å²) in [6.45, 7) is 0.834. The van der Waals surface area contributed by atoms with Gasteiger partial charge in [0.15, 0.2) is 11.6 Å². The maximum atomic E-state index is 13.8. The van der Waals surface area contributed by atoms with Crippen molar-refractivity contribution < 1.29 is 14.2 Å². The molecular weight excluding hydrogens is 245 g/mol. The largest absolute Gasteiger partial charge is 0.508 e. The first kappa shape index (κ1) is 13.4. The minimum absolute atomic E-state index is 0.172. The van der Waals surface area contributed by atoms with E-state index in [2.05, 4.69) is 5.32 Å². The lowest BCUT2D eigenvalue weighted by molar-refractivity contribution is 0.289. The Morgan fingerprint density at radius 3 is 2.68 bits per heavy atom. The minimum Gasteiger partial charge on any atom is -0.508 e. The molecule has 0 unspecified atom stereocenters. The van der Waals surface area contributed by atoms with E-state index >= 15 is 0 Å². The highest BCUT2D eigenvalue weighted by molar-refractivity contribution is 5.31. The van der Waals surface area contributed by atoms with Crippen LogP contribution in [0.2, 0.25) is 0 Å². The van der Waals surface area contributed by atoms with Crippen LogP contribution in [0.5, 0.6) is 11.5 Å². The first-order valence-corrected chi connectivity index (χ1v) is 6.03. The third-order valence-electron chi connectivity index (χ3n) is 2.68. The zero-order chi connectivity index (χ0) is 13.7. The number of benzene rings is 2. The van der Waals surface area contributed by atoms with Crippen LogP contribution >= 0.6 is 0 Å². The van der Waals surface area contributed by atoms with Crippen molar-refractivity contribution in [3.05, 3.63) is 59.4 Å². The van der Waals surface area contributed by atoms with Gasteiger partial charge in [0.2, 0.25) is 0 Å². The Hall–Kier alpha value is -2.07. The fourth-order valence-corrected chi connectivity index (χ4v) is 1.78. The predicted molar refractivity (Wildman–Crippen MR) is 71.6 cm³/mol. The van der Waals surface area contributed by atoms with E-state index in [1.807, 2.05) is 19.2 Å². The molecule has 0 amide bonds. The fraction of sp³-hybridized carbons (Fsp3) is 0.200. The average Bonchev–Trinajstić information content (AvgIpc) is 2.38. The third-order valence-corrected chi connectivity index (χ3v) is 2.68. The standard InChI is InChI=1S/C15H16FNO2/c1-17-9-11-5-6-15(14(16)8-11)19-10-12-3-2-4-13(18)7-12/h2-8,17-18H,9-10H2,1H3. The van der Waals surface area contributed by atoms with Crippen molar-refractivity contribution in [1.29, 1.82) is 0 Å². The summed E-state index contributed by atoms with van der Waals surface area (Å²) in [5.41, 5.74) is 1.66. The zero-order valence-electron chi connectivity index (χ0n) is 10.7. The van der Waals surface area contributed by atoms with Gasteiger partial charge < -0.3 is 15.2 Å². The first-order valence-electron chi connectivity index (χ1n) is 6.03. The first-order chi connectivity index (χ1) is 9.19. The molecule has 100 valence electrons. The lowest BCUT2D eigenvalue weighted by Crippen LogP contribution is -2.05. The molecule has 0 spiro atoms. The molecule has 0 bridgehead atoms. The van der Waals surface area contributed by atoms with Gasteiger partial charge in [-0.2, -0.15) is 0 Å². The summed E-state index contributed by atoms with van der Waals surface area (Å²) in [6, 6.07) is 11.6. The van der Waals surface area contributed by atoms with Crippen molar-refractivity contribution in [2.75, 3.05) is 7.05 Å². The van der Waals surface area contributed by atoms with Gasteiger partial charge in [-0.3, -0.25) is 0 Å². The van der Waals surface area contributed by atoms with Crippen molar-refractivity contribution in [2.24, 2.45) is 0 Å². The number of nitrogens with one attached hydrogen (secondary N) is 1. The van der Waals surface area contributed by atoms with Crippen molar-refractivity contribution in [3.8, 4) is 11.5 Å². The maximum absolute atomic E-state index is 13.8. The van der Waals surface area contributed by atoms with E-state index in [9.17, 15) is 9.50 Å². The van der Waals surface area contributed by atoms with E-state index in [0.717, 1.165) is 11.1 Å². The summed E-state index contributed by atoms with van der Waals surface area (Å²) >= 11 is 0.